The maximum Gasteiger partial charge on any atom is 0.150 e. The van der Waals surface area contributed by atoms with E-state index in [9.17, 15) is 8.42 Å². The summed E-state index contributed by atoms with van der Waals surface area (Å²) < 4.78 is 23.0. The Balaban J connectivity index is 1.84. The van der Waals surface area contributed by atoms with Gasteiger partial charge in [0, 0.05) is 40.6 Å². The Morgan fingerprint density at radius 3 is 2.90 bits per heavy atom. The molecule has 1 saturated heterocycles. The van der Waals surface area contributed by atoms with Gasteiger partial charge < -0.3 is 11.1 Å². The molecular weight excluding hydrogens is 286 g/mol. The summed E-state index contributed by atoms with van der Waals surface area (Å²) in [5, 5.41) is 5.33. The number of hydrogen-bond donors (Lipinski definition) is 2. The molecule has 0 saturated carbocycles. The van der Waals surface area contributed by atoms with Crippen LogP contribution in [0, 0.1) is 12.8 Å². The number of nitrogens with one attached hydrogen (secondary N) is 1. The van der Waals surface area contributed by atoms with E-state index in [0.29, 0.717) is 18.0 Å². The van der Waals surface area contributed by atoms with Gasteiger partial charge in [-0.05, 0) is 37.5 Å². The molecule has 0 spiro atoms. The second-order valence-electron chi connectivity index (χ2n) is 5.72. The SMILES string of the molecule is Cc1cc2c(NCC3CCS(=O)(=O)C3)ccc(N)c2cn1. The first kappa shape index (κ1) is 14.1. The fraction of sp³-hybridized carbons (Fsp3) is 0.400. The van der Waals surface area contributed by atoms with E-state index < -0.39 is 9.84 Å². The van der Waals surface area contributed by atoms with Gasteiger partial charge in [-0.3, -0.25) is 4.98 Å². The van der Waals surface area contributed by atoms with Gasteiger partial charge in [-0.2, -0.15) is 0 Å². The van der Waals surface area contributed by atoms with Crippen LogP contribution >= 0.6 is 0 Å². The van der Waals surface area contributed by atoms with Crippen LogP contribution in [0.2, 0.25) is 0 Å². The molecule has 0 aliphatic carbocycles. The van der Waals surface area contributed by atoms with Crippen LogP contribution in [0.1, 0.15) is 12.1 Å². The fourth-order valence-corrected chi connectivity index (χ4v) is 4.67. The van der Waals surface area contributed by atoms with Crippen LogP contribution in [-0.4, -0.2) is 31.5 Å². The lowest BCUT2D eigenvalue weighted by atomic mass is 10.1. The van der Waals surface area contributed by atoms with Gasteiger partial charge >= 0.3 is 0 Å². The van der Waals surface area contributed by atoms with Crippen molar-refractivity contribution >= 4 is 32.0 Å². The average molecular weight is 305 g/mol. The summed E-state index contributed by atoms with van der Waals surface area (Å²) in [5.41, 5.74) is 8.59. The molecule has 1 aromatic heterocycles. The van der Waals surface area contributed by atoms with Crippen LogP contribution in [0.15, 0.2) is 24.4 Å². The highest BCUT2D eigenvalue weighted by atomic mass is 32.2. The summed E-state index contributed by atoms with van der Waals surface area (Å²) in [7, 11) is -2.83. The molecule has 1 aliphatic rings. The van der Waals surface area contributed by atoms with Crippen LogP contribution in [0.25, 0.3) is 10.8 Å². The van der Waals surface area contributed by atoms with Crippen LogP contribution in [0.3, 0.4) is 0 Å². The molecule has 0 bridgehead atoms. The Labute approximate surface area is 124 Å². The number of benzene rings is 1. The zero-order valence-corrected chi connectivity index (χ0v) is 12.8. The molecule has 3 rings (SSSR count). The summed E-state index contributed by atoms with van der Waals surface area (Å²) in [4.78, 5) is 4.28. The van der Waals surface area contributed by atoms with E-state index in [2.05, 4.69) is 10.3 Å². The van der Waals surface area contributed by atoms with Gasteiger partial charge in [0.2, 0.25) is 0 Å². The van der Waals surface area contributed by atoms with Crippen molar-refractivity contribution in [2.45, 2.75) is 13.3 Å². The number of sulfone groups is 1. The van der Waals surface area contributed by atoms with Crippen LogP contribution in [0.5, 0.6) is 0 Å². The molecule has 0 radical (unpaired) electrons. The Bertz CT molecular complexity index is 787. The number of hydrogen-bond acceptors (Lipinski definition) is 5. The molecular formula is C15H19N3O2S. The van der Waals surface area contributed by atoms with E-state index in [1.54, 1.807) is 6.20 Å². The first-order valence-electron chi connectivity index (χ1n) is 7.04. The highest BCUT2D eigenvalue weighted by Crippen LogP contribution is 2.29. The standard InChI is InChI=1S/C15H19N3O2S/c1-10-6-12-13(8-17-10)14(16)2-3-15(12)18-7-11-4-5-21(19,20)9-11/h2-3,6,8,11,18H,4-5,7,9,16H2,1H3. The van der Waals surface area contributed by atoms with Gasteiger partial charge in [-0.1, -0.05) is 0 Å². The zero-order valence-electron chi connectivity index (χ0n) is 12.0. The van der Waals surface area contributed by atoms with E-state index in [1.165, 1.54) is 0 Å². The monoisotopic (exact) mass is 305 g/mol. The number of fused-ring (bicyclic) bond motifs is 1. The zero-order chi connectivity index (χ0) is 15.0. The molecule has 6 heteroatoms. The summed E-state index contributed by atoms with van der Waals surface area (Å²) in [5.74, 6) is 0.781. The molecule has 1 aromatic carbocycles. The van der Waals surface area contributed by atoms with Crippen molar-refractivity contribution in [1.29, 1.82) is 0 Å². The lowest BCUT2D eigenvalue weighted by Crippen LogP contribution is -2.15. The van der Waals surface area contributed by atoms with Gasteiger partial charge in [-0.25, -0.2) is 8.42 Å². The third-order valence-electron chi connectivity index (χ3n) is 3.98. The molecule has 2 heterocycles. The third-order valence-corrected chi connectivity index (χ3v) is 5.82. The number of anilines is 2. The lowest BCUT2D eigenvalue weighted by molar-refractivity contribution is 0.596. The minimum Gasteiger partial charge on any atom is -0.398 e. The summed E-state index contributed by atoms with van der Waals surface area (Å²) in [6, 6.07) is 5.80. The van der Waals surface area contributed by atoms with Crippen LogP contribution in [-0.2, 0) is 9.84 Å². The molecule has 0 amide bonds. The van der Waals surface area contributed by atoms with Gasteiger partial charge in [0.05, 0.1) is 11.5 Å². The third kappa shape index (κ3) is 2.95. The summed E-state index contributed by atoms with van der Waals surface area (Å²) >= 11 is 0. The minimum atomic E-state index is -2.83. The topological polar surface area (TPSA) is 85.1 Å². The molecule has 2 aromatic rings. The van der Waals surface area contributed by atoms with Crippen molar-refractivity contribution in [3.8, 4) is 0 Å². The highest BCUT2D eigenvalue weighted by Gasteiger charge is 2.27. The van der Waals surface area contributed by atoms with E-state index >= 15 is 0 Å². The predicted molar refractivity (Wildman–Crippen MR) is 86.1 cm³/mol. The Morgan fingerprint density at radius 1 is 1.38 bits per heavy atom. The molecule has 1 unspecified atom stereocenters. The maximum atomic E-state index is 11.5. The highest BCUT2D eigenvalue weighted by molar-refractivity contribution is 7.91. The van der Waals surface area contributed by atoms with Gasteiger partial charge in [0.1, 0.15) is 0 Å². The molecule has 1 fully saturated rings. The minimum absolute atomic E-state index is 0.186. The lowest BCUT2D eigenvalue weighted by Gasteiger charge is -2.14. The quantitative estimate of drug-likeness (QED) is 0.847. The van der Waals surface area contributed by atoms with Crippen molar-refractivity contribution < 1.29 is 8.42 Å². The normalized spacial score (nSPS) is 20.7. The molecule has 112 valence electrons. The van der Waals surface area contributed by atoms with Crippen molar-refractivity contribution in [2.75, 3.05) is 29.1 Å². The number of rotatable bonds is 3. The number of nitrogen functional groups attached to an aromatic ring is 1. The van der Waals surface area contributed by atoms with E-state index in [4.69, 9.17) is 5.73 Å². The van der Waals surface area contributed by atoms with E-state index in [0.717, 1.165) is 28.6 Å². The van der Waals surface area contributed by atoms with Crippen molar-refractivity contribution in [2.24, 2.45) is 5.92 Å². The van der Waals surface area contributed by atoms with Crippen LogP contribution < -0.4 is 11.1 Å². The largest absolute Gasteiger partial charge is 0.398 e. The van der Waals surface area contributed by atoms with Gasteiger partial charge in [0.15, 0.2) is 9.84 Å². The second-order valence-corrected chi connectivity index (χ2v) is 7.95. The molecule has 5 nitrogen and oxygen atoms in total. The molecule has 21 heavy (non-hydrogen) atoms. The van der Waals surface area contributed by atoms with Crippen molar-refractivity contribution in [1.82, 2.24) is 4.98 Å². The maximum absolute atomic E-state index is 11.5. The van der Waals surface area contributed by atoms with Gasteiger partial charge in [0.25, 0.3) is 0 Å². The van der Waals surface area contributed by atoms with Crippen molar-refractivity contribution in [3.05, 3.63) is 30.1 Å². The van der Waals surface area contributed by atoms with Crippen LogP contribution in [0.4, 0.5) is 11.4 Å². The summed E-state index contributed by atoms with van der Waals surface area (Å²) in [6.07, 6.45) is 2.52. The number of pyridine rings is 1. The smallest absolute Gasteiger partial charge is 0.150 e. The van der Waals surface area contributed by atoms with E-state index in [-0.39, 0.29) is 11.7 Å². The number of nitrogens with two attached hydrogens (primary N) is 1. The first-order valence-corrected chi connectivity index (χ1v) is 8.86. The first-order chi connectivity index (χ1) is 9.94. The Morgan fingerprint density at radius 2 is 2.19 bits per heavy atom. The Hall–Kier alpha value is -1.82. The predicted octanol–water partition coefficient (Wildman–Crippen LogP) is 1.97. The van der Waals surface area contributed by atoms with E-state index in [1.807, 2.05) is 25.1 Å². The number of aromatic nitrogens is 1. The molecule has 3 N–H and O–H groups in total. The second kappa shape index (κ2) is 5.18. The van der Waals surface area contributed by atoms with Crippen molar-refractivity contribution in [3.63, 3.8) is 0 Å². The summed E-state index contributed by atoms with van der Waals surface area (Å²) in [6.45, 7) is 2.61. The molecule has 1 atom stereocenters. The van der Waals surface area contributed by atoms with Gasteiger partial charge in [-0.15, -0.1) is 0 Å². The fourth-order valence-electron chi connectivity index (χ4n) is 2.81. The number of aryl methyl sites for hydroxylation is 1. The Kier molecular flexibility index (Phi) is 3.49. The number of nitrogens with zero attached hydrogens (tertiary/aromatic N) is 1. The molecule has 1 aliphatic heterocycles. The average Bonchev–Trinajstić information content (AvgIpc) is 2.77.